The van der Waals surface area contributed by atoms with E-state index in [-0.39, 0.29) is 11.9 Å². The normalized spacial score (nSPS) is 16.0. The predicted molar refractivity (Wildman–Crippen MR) is 125 cm³/mol. The van der Waals surface area contributed by atoms with Crippen LogP contribution in [-0.4, -0.2) is 5.91 Å². The van der Waals surface area contributed by atoms with Gasteiger partial charge in [0.25, 0.3) is 5.91 Å². The molecule has 0 fully saturated rings. The number of aryl methyl sites for hydroxylation is 4. The lowest BCUT2D eigenvalue weighted by molar-refractivity contribution is -0.114. The van der Waals surface area contributed by atoms with Crippen molar-refractivity contribution in [2.24, 2.45) is 0 Å². The van der Waals surface area contributed by atoms with Crippen LogP contribution in [0.3, 0.4) is 0 Å². The minimum absolute atomic E-state index is 0.0425. The Morgan fingerprint density at radius 1 is 0.800 bits per heavy atom. The van der Waals surface area contributed by atoms with Crippen LogP contribution >= 0.6 is 11.6 Å². The zero-order valence-corrected chi connectivity index (χ0v) is 18.4. The molecule has 0 saturated carbocycles. The van der Waals surface area contributed by atoms with Gasteiger partial charge in [0.2, 0.25) is 0 Å². The zero-order chi connectivity index (χ0) is 21.4. The number of carbonyl (C=O) groups excluding carboxylic acids is 1. The molecule has 1 amide bonds. The van der Waals surface area contributed by atoms with Crippen molar-refractivity contribution in [1.82, 2.24) is 0 Å². The monoisotopic (exact) mass is 416 g/mol. The van der Waals surface area contributed by atoms with Crippen LogP contribution in [0.1, 0.15) is 33.9 Å². The Labute approximate surface area is 183 Å². The van der Waals surface area contributed by atoms with Crippen molar-refractivity contribution < 1.29 is 4.79 Å². The molecule has 1 N–H and O–H groups in total. The molecule has 0 aliphatic carbocycles. The van der Waals surface area contributed by atoms with Crippen molar-refractivity contribution in [2.45, 2.75) is 33.7 Å². The molecular formula is C26H25ClN2O. The second-order valence-electron chi connectivity index (χ2n) is 8.10. The lowest BCUT2D eigenvalue weighted by Crippen LogP contribution is -2.31. The van der Waals surface area contributed by atoms with Crippen molar-refractivity contribution >= 4 is 28.9 Å². The van der Waals surface area contributed by atoms with E-state index in [4.69, 9.17) is 11.6 Å². The minimum atomic E-state index is -0.204. The molecule has 152 valence electrons. The fraction of sp³-hybridized carbons (Fsp3) is 0.192. The smallest absolute Gasteiger partial charge is 0.275 e. The van der Waals surface area contributed by atoms with E-state index in [0.717, 1.165) is 39.2 Å². The maximum absolute atomic E-state index is 13.5. The summed E-state index contributed by atoms with van der Waals surface area (Å²) in [6.45, 7) is 8.22. The molecule has 3 nitrogen and oxygen atoms in total. The van der Waals surface area contributed by atoms with Gasteiger partial charge >= 0.3 is 0 Å². The maximum Gasteiger partial charge on any atom is 0.275 e. The highest BCUT2D eigenvalue weighted by atomic mass is 35.5. The van der Waals surface area contributed by atoms with Crippen LogP contribution in [0.4, 0.5) is 11.4 Å². The van der Waals surface area contributed by atoms with Crippen molar-refractivity contribution in [3.63, 3.8) is 0 Å². The summed E-state index contributed by atoms with van der Waals surface area (Å²) < 4.78 is 0. The number of hydrogen-bond acceptors (Lipinski definition) is 2. The molecule has 0 bridgehead atoms. The molecule has 30 heavy (non-hydrogen) atoms. The Hall–Kier alpha value is -3.04. The average Bonchev–Trinajstić information content (AvgIpc) is 2.97. The summed E-state index contributed by atoms with van der Waals surface area (Å²) in [5.74, 6) is -0.0425. The summed E-state index contributed by atoms with van der Waals surface area (Å²) >= 11 is 6.10. The molecule has 4 rings (SSSR count). The van der Waals surface area contributed by atoms with Crippen LogP contribution in [0.25, 0.3) is 0 Å². The van der Waals surface area contributed by atoms with E-state index in [1.807, 2.05) is 35.2 Å². The number of benzene rings is 3. The van der Waals surface area contributed by atoms with Crippen LogP contribution < -0.4 is 10.2 Å². The van der Waals surface area contributed by atoms with Gasteiger partial charge in [0.15, 0.2) is 0 Å². The third kappa shape index (κ3) is 4.12. The first-order chi connectivity index (χ1) is 14.3. The number of anilines is 2. The molecule has 0 saturated heterocycles. The molecule has 4 heteroatoms. The van der Waals surface area contributed by atoms with Gasteiger partial charge in [-0.25, -0.2) is 0 Å². The number of halogens is 1. The molecule has 0 radical (unpaired) electrons. The van der Waals surface area contributed by atoms with E-state index in [0.29, 0.717) is 10.7 Å². The summed E-state index contributed by atoms with van der Waals surface area (Å²) in [7, 11) is 0. The van der Waals surface area contributed by atoms with Gasteiger partial charge in [0.1, 0.15) is 5.70 Å². The second kappa shape index (κ2) is 8.00. The fourth-order valence-electron chi connectivity index (χ4n) is 4.13. The predicted octanol–water partition coefficient (Wildman–Crippen LogP) is 6.66. The molecule has 0 spiro atoms. The fourth-order valence-corrected chi connectivity index (χ4v) is 4.26. The summed E-state index contributed by atoms with van der Waals surface area (Å²) in [5, 5.41) is 4.04. The molecule has 0 aromatic heterocycles. The maximum atomic E-state index is 13.5. The van der Waals surface area contributed by atoms with Crippen molar-refractivity contribution in [3.05, 3.63) is 105 Å². The third-order valence-electron chi connectivity index (χ3n) is 5.25. The van der Waals surface area contributed by atoms with Gasteiger partial charge in [0.05, 0.1) is 6.04 Å². The number of rotatable bonds is 4. The summed E-state index contributed by atoms with van der Waals surface area (Å²) in [4.78, 5) is 15.4. The first-order valence-corrected chi connectivity index (χ1v) is 10.4. The number of nitrogens with one attached hydrogen (secondary N) is 1. The molecule has 1 heterocycles. The molecule has 1 atom stereocenters. The minimum Gasteiger partial charge on any atom is -0.351 e. The van der Waals surface area contributed by atoms with Gasteiger partial charge in [-0.15, -0.1) is 0 Å². The standard InChI is InChI=1S/C26H25ClN2O/c1-16-9-17(2)12-22(11-16)28-24-15-25(20-5-7-21(27)8-6-20)29(26(24)30)23-13-18(3)10-19(4)14-23/h5-15,25,28H,1-4H3/t25-/m0/s1. The molecule has 1 aliphatic heterocycles. The number of hydrogen-bond donors (Lipinski definition) is 1. The van der Waals surface area contributed by atoms with Gasteiger partial charge in [-0.2, -0.15) is 0 Å². The van der Waals surface area contributed by atoms with E-state index < -0.39 is 0 Å². The summed E-state index contributed by atoms with van der Waals surface area (Å²) in [6, 6.07) is 19.9. The number of nitrogens with zero attached hydrogens (tertiary/aromatic N) is 1. The van der Waals surface area contributed by atoms with Crippen molar-refractivity contribution in [3.8, 4) is 0 Å². The summed E-state index contributed by atoms with van der Waals surface area (Å²) in [6.07, 6.45) is 2.00. The first kappa shape index (κ1) is 20.2. The highest BCUT2D eigenvalue weighted by Crippen LogP contribution is 2.37. The van der Waals surface area contributed by atoms with E-state index in [1.54, 1.807) is 0 Å². The van der Waals surface area contributed by atoms with E-state index in [1.165, 1.54) is 0 Å². The first-order valence-electron chi connectivity index (χ1n) is 10.0. The van der Waals surface area contributed by atoms with Gasteiger partial charge in [-0.1, -0.05) is 35.9 Å². The number of carbonyl (C=O) groups is 1. The molecule has 1 aliphatic rings. The second-order valence-corrected chi connectivity index (χ2v) is 8.54. The Bertz CT molecular complexity index is 1110. The highest BCUT2D eigenvalue weighted by molar-refractivity contribution is 6.30. The van der Waals surface area contributed by atoms with Crippen LogP contribution in [0, 0.1) is 27.7 Å². The molecule has 3 aromatic rings. The highest BCUT2D eigenvalue weighted by Gasteiger charge is 2.35. The van der Waals surface area contributed by atoms with E-state index >= 15 is 0 Å². The van der Waals surface area contributed by atoms with Crippen LogP contribution in [0.2, 0.25) is 5.02 Å². The van der Waals surface area contributed by atoms with Gasteiger partial charge < -0.3 is 5.32 Å². The molecule has 0 unspecified atom stereocenters. The zero-order valence-electron chi connectivity index (χ0n) is 17.7. The molecular weight excluding hydrogens is 392 g/mol. The van der Waals surface area contributed by atoms with Crippen LogP contribution in [0.15, 0.2) is 72.4 Å². The topological polar surface area (TPSA) is 32.3 Å². The Kier molecular flexibility index (Phi) is 5.40. The van der Waals surface area contributed by atoms with Gasteiger partial charge in [-0.05, 0) is 98.0 Å². The van der Waals surface area contributed by atoms with E-state index in [2.05, 4.69) is 69.4 Å². The van der Waals surface area contributed by atoms with E-state index in [9.17, 15) is 4.79 Å². The van der Waals surface area contributed by atoms with Crippen molar-refractivity contribution in [2.75, 3.05) is 10.2 Å². The lowest BCUT2D eigenvalue weighted by Gasteiger charge is -2.26. The Balaban J connectivity index is 1.77. The lowest BCUT2D eigenvalue weighted by atomic mass is 10.0. The van der Waals surface area contributed by atoms with Crippen LogP contribution in [-0.2, 0) is 4.79 Å². The third-order valence-corrected chi connectivity index (χ3v) is 5.50. The average molecular weight is 417 g/mol. The Morgan fingerprint density at radius 2 is 1.33 bits per heavy atom. The largest absolute Gasteiger partial charge is 0.351 e. The molecule has 3 aromatic carbocycles. The van der Waals surface area contributed by atoms with Gasteiger partial charge in [-0.3, -0.25) is 9.69 Å². The Morgan fingerprint density at radius 3 is 1.90 bits per heavy atom. The summed E-state index contributed by atoms with van der Waals surface area (Å²) in [5.41, 5.74) is 7.98. The van der Waals surface area contributed by atoms with Crippen LogP contribution in [0.5, 0.6) is 0 Å². The van der Waals surface area contributed by atoms with Gasteiger partial charge in [0, 0.05) is 16.4 Å². The quantitative estimate of drug-likeness (QED) is 0.515. The van der Waals surface area contributed by atoms with Crippen molar-refractivity contribution in [1.29, 1.82) is 0 Å². The number of amides is 1. The SMILES string of the molecule is Cc1cc(C)cc(NC2=C[C@@H](c3ccc(Cl)cc3)N(c3cc(C)cc(C)c3)C2=O)c1.